The average Bonchev–Trinajstić information content (AvgIpc) is 3.23. The molecule has 1 heterocycles. The number of nitrogens with one attached hydrogen (secondary N) is 2. The molecule has 1 unspecified atom stereocenters. The van der Waals surface area contributed by atoms with Gasteiger partial charge in [0.2, 0.25) is 0 Å². The van der Waals surface area contributed by atoms with Crippen molar-refractivity contribution < 1.29 is 13.2 Å². The monoisotopic (exact) mass is 472 g/mol. The number of amides is 1. The van der Waals surface area contributed by atoms with Crippen molar-refractivity contribution in [3.63, 3.8) is 0 Å². The van der Waals surface area contributed by atoms with Gasteiger partial charge in [-0.2, -0.15) is 8.75 Å². The third-order valence-corrected chi connectivity index (χ3v) is 6.83. The van der Waals surface area contributed by atoms with Gasteiger partial charge in [-0.05, 0) is 42.8 Å². The Morgan fingerprint density at radius 1 is 1.03 bits per heavy atom. The van der Waals surface area contributed by atoms with E-state index in [1.54, 1.807) is 12.1 Å². The number of sulfonamides is 1. The van der Waals surface area contributed by atoms with Crippen molar-refractivity contribution in [3.8, 4) is 0 Å². The van der Waals surface area contributed by atoms with Crippen LogP contribution in [0.5, 0.6) is 0 Å². The van der Waals surface area contributed by atoms with E-state index in [4.69, 9.17) is 11.6 Å². The Bertz CT molecular complexity index is 1360. The minimum absolute atomic E-state index is 0.0252. The van der Waals surface area contributed by atoms with Crippen LogP contribution in [-0.2, 0) is 10.0 Å². The molecule has 1 atom stereocenters. The van der Waals surface area contributed by atoms with Gasteiger partial charge in [0.25, 0.3) is 15.9 Å². The Balaban J connectivity index is 1.65. The van der Waals surface area contributed by atoms with Gasteiger partial charge in [-0.15, -0.1) is 0 Å². The molecule has 31 heavy (non-hydrogen) atoms. The number of carbonyl (C=O) groups excluding carboxylic acids is 1. The fourth-order valence-corrected chi connectivity index (χ4v) is 5.11. The van der Waals surface area contributed by atoms with Crippen LogP contribution in [0.25, 0.3) is 11.0 Å². The van der Waals surface area contributed by atoms with Crippen LogP contribution >= 0.6 is 23.3 Å². The Labute approximate surface area is 188 Å². The second-order valence-electron chi connectivity index (χ2n) is 6.79. The minimum atomic E-state index is -4.05. The van der Waals surface area contributed by atoms with E-state index in [1.165, 1.54) is 24.3 Å². The fraction of sp³-hybridized carbons (Fsp3) is 0.0952. The maximum absolute atomic E-state index is 13.1. The van der Waals surface area contributed by atoms with Crippen molar-refractivity contribution >= 4 is 56.0 Å². The van der Waals surface area contributed by atoms with Crippen LogP contribution in [0.15, 0.2) is 71.6 Å². The quantitative estimate of drug-likeness (QED) is 0.426. The molecule has 0 bridgehead atoms. The zero-order valence-corrected chi connectivity index (χ0v) is 18.6. The molecule has 0 saturated heterocycles. The largest absolute Gasteiger partial charge is 0.345 e. The highest BCUT2D eigenvalue weighted by atomic mass is 35.5. The molecular weight excluding hydrogens is 456 g/mol. The predicted molar refractivity (Wildman–Crippen MR) is 122 cm³/mol. The first-order chi connectivity index (χ1) is 14.8. The van der Waals surface area contributed by atoms with Gasteiger partial charge in [0.05, 0.1) is 29.0 Å². The molecule has 158 valence electrons. The Morgan fingerprint density at radius 3 is 2.58 bits per heavy atom. The lowest BCUT2D eigenvalue weighted by Crippen LogP contribution is -2.28. The van der Waals surface area contributed by atoms with Gasteiger partial charge in [-0.25, -0.2) is 8.42 Å². The summed E-state index contributed by atoms with van der Waals surface area (Å²) >= 11 is 7.02. The smallest absolute Gasteiger partial charge is 0.264 e. The molecule has 0 spiro atoms. The van der Waals surface area contributed by atoms with E-state index in [2.05, 4.69) is 18.8 Å². The van der Waals surface area contributed by atoms with Gasteiger partial charge < -0.3 is 5.32 Å². The Kier molecular flexibility index (Phi) is 5.90. The zero-order valence-electron chi connectivity index (χ0n) is 16.2. The summed E-state index contributed by atoms with van der Waals surface area (Å²) < 4.78 is 36.8. The average molecular weight is 473 g/mol. The number of benzene rings is 3. The molecule has 0 fully saturated rings. The van der Waals surface area contributed by atoms with E-state index in [9.17, 15) is 13.2 Å². The van der Waals surface area contributed by atoms with Crippen LogP contribution < -0.4 is 10.0 Å². The summed E-state index contributed by atoms with van der Waals surface area (Å²) in [5.74, 6) is -0.431. The number of anilines is 1. The summed E-state index contributed by atoms with van der Waals surface area (Å²) in [6.45, 7) is 1.85. The lowest BCUT2D eigenvalue weighted by molar-refractivity contribution is 0.0941. The molecule has 4 aromatic rings. The molecule has 10 heteroatoms. The first kappa shape index (κ1) is 21.2. The fourth-order valence-electron chi connectivity index (χ4n) is 3.10. The summed E-state index contributed by atoms with van der Waals surface area (Å²) in [4.78, 5) is 12.9. The van der Waals surface area contributed by atoms with Gasteiger partial charge in [-0.3, -0.25) is 9.52 Å². The molecule has 0 aliphatic rings. The van der Waals surface area contributed by atoms with Gasteiger partial charge in [0.15, 0.2) is 0 Å². The molecule has 4 rings (SSSR count). The molecule has 7 nitrogen and oxygen atoms in total. The topological polar surface area (TPSA) is 101 Å². The molecular formula is C21H17ClN4O3S2. The number of carbonyl (C=O) groups is 1. The molecule has 0 aliphatic carbocycles. The van der Waals surface area contributed by atoms with E-state index in [-0.39, 0.29) is 27.7 Å². The lowest BCUT2D eigenvalue weighted by atomic mass is 10.1. The number of hydrogen-bond acceptors (Lipinski definition) is 6. The second kappa shape index (κ2) is 8.62. The van der Waals surface area contributed by atoms with Crippen molar-refractivity contribution in [3.05, 3.63) is 82.9 Å². The third-order valence-electron chi connectivity index (χ3n) is 4.66. The highest BCUT2D eigenvalue weighted by Gasteiger charge is 2.23. The van der Waals surface area contributed by atoms with Crippen molar-refractivity contribution in [2.75, 3.05) is 4.72 Å². The summed E-state index contributed by atoms with van der Waals surface area (Å²) in [6, 6.07) is 18.3. The van der Waals surface area contributed by atoms with E-state index >= 15 is 0 Å². The van der Waals surface area contributed by atoms with Gasteiger partial charge in [0.1, 0.15) is 15.9 Å². The van der Waals surface area contributed by atoms with Crippen LogP contribution in [0, 0.1) is 0 Å². The van der Waals surface area contributed by atoms with E-state index < -0.39 is 15.9 Å². The highest BCUT2D eigenvalue weighted by molar-refractivity contribution is 7.93. The van der Waals surface area contributed by atoms with Crippen LogP contribution in [0.2, 0.25) is 5.02 Å². The summed E-state index contributed by atoms with van der Waals surface area (Å²) in [5.41, 5.74) is 1.90. The Morgan fingerprint density at radius 2 is 1.81 bits per heavy atom. The standard InChI is InChI=1S/C21H17ClN4O3S2/c1-13(14-6-3-2-4-7-14)23-21(27)16-11-10-15(22)12-18(16)26-31(28,29)19-9-5-8-17-20(19)25-30-24-17/h2-13,26H,1H3,(H,23,27). The second-order valence-corrected chi connectivity index (χ2v) is 9.41. The molecule has 3 aromatic carbocycles. The van der Waals surface area contributed by atoms with Crippen molar-refractivity contribution in [1.29, 1.82) is 0 Å². The molecule has 1 amide bonds. The highest BCUT2D eigenvalue weighted by Crippen LogP contribution is 2.27. The van der Waals surface area contributed by atoms with Gasteiger partial charge in [-0.1, -0.05) is 48.0 Å². The van der Waals surface area contributed by atoms with Crippen molar-refractivity contribution in [2.24, 2.45) is 0 Å². The maximum atomic E-state index is 13.1. The van der Waals surface area contributed by atoms with Crippen LogP contribution in [0.1, 0.15) is 28.9 Å². The predicted octanol–water partition coefficient (Wildman–Crippen LogP) is 4.64. The number of rotatable bonds is 6. The Hall–Kier alpha value is -3.01. The molecule has 1 aromatic heterocycles. The summed E-state index contributed by atoms with van der Waals surface area (Å²) in [7, 11) is -4.05. The third kappa shape index (κ3) is 4.53. The normalized spacial score (nSPS) is 12.5. The SMILES string of the molecule is CC(NC(=O)c1ccc(Cl)cc1NS(=O)(=O)c1cccc2nsnc12)c1ccccc1. The summed E-state index contributed by atoms with van der Waals surface area (Å²) in [5, 5.41) is 3.18. The lowest BCUT2D eigenvalue weighted by Gasteiger charge is -2.17. The number of fused-ring (bicyclic) bond motifs is 1. The first-order valence-corrected chi connectivity index (χ1v) is 11.8. The molecule has 0 saturated carbocycles. The number of hydrogen-bond donors (Lipinski definition) is 2. The minimum Gasteiger partial charge on any atom is -0.345 e. The zero-order chi connectivity index (χ0) is 22.0. The molecule has 0 aliphatic heterocycles. The van der Waals surface area contributed by atoms with E-state index in [0.29, 0.717) is 10.5 Å². The van der Waals surface area contributed by atoms with Crippen LogP contribution in [0.4, 0.5) is 5.69 Å². The van der Waals surface area contributed by atoms with Crippen molar-refractivity contribution in [2.45, 2.75) is 17.9 Å². The molecule has 0 radical (unpaired) electrons. The van der Waals surface area contributed by atoms with Crippen LogP contribution in [-0.4, -0.2) is 23.1 Å². The van der Waals surface area contributed by atoms with Gasteiger partial charge in [0, 0.05) is 5.02 Å². The summed E-state index contributed by atoms with van der Waals surface area (Å²) in [6.07, 6.45) is 0. The van der Waals surface area contributed by atoms with E-state index in [0.717, 1.165) is 17.3 Å². The van der Waals surface area contributed by atoms with Crippen molar-refractivity contribution in [1.82, 2.24) is 14.1 Å². The molecule has 2 N–H and O–H groups in total. The number of nitrogens with zero attached hydrogens (tertiary/aromatic N) is 2. The van der Waals surface area contributed by atoms with Crippen LogP contribution in [0.3, 0.4) is 0 Å². The number of aromatic nitrogens is 2. The van der Waals surface area contributed by atoms with E-state index in [1.807, 2.05) is 37.3 Å². The first-order valence-electron chi connectivity index (χ1n) is 9.24. The van der Waals surface area contributed by atoms with Gasteiger partial charge >= 0.3 is 0 Å². The maximum Gasteiger partial charge on any atom is 0.264 e. The number of halogens is 1.